The van der Waals surface area contributed by atoms with Gasteiger partial charge in [0.2, 0.25) is 0 Å². The Bertz CT molecular complexity index is 2270. The molecule has 6 aromatic rings. The zero-order chi connectivity index (χ0) is 42.7. The molecule has 0 fully saturated rings. The van der Waals surface area contributed by atoms with Crippen molar-refractivity contribution in [3.8, 4) is 33.9 Å². The number of aromatic nitrogens is 6. The standard InChI is InChI=1S/C47H50Br2N6S4/c1-43(2,3)56-39-50-37(51-40(54-39)57-44(4,5)6)27-13-17-29(18-14-27)47(35-25-31(48)21-23-33(35)34-24-22-32(49)26-36(34)47)30-19-15-28(16-20-30)38-52-41(58-45(7,8)9)55-42(53-38)59-46(10,11)12/h13-26H,1-12H3. The number of thioether (sulfide) groups is 4. The topological polar surface area (TPSA) is 77.3 Å². The van der Waals surface area contributed by atoms with Crippen LogP contribution in [0.25, 0.3) is 33.9 Å². The maximum atomic E-state index is 5.00. The van der Waals surface area contributed by atoms with Crippen molar-refractivity contribution in [1.82, 2.24) is 29.9 Å². The molecule has 0 atom stereocenters. The van der Waals surface area contributed by atoms with Gasteiger partial charge in [0.1, 0.15) is 0 Å². The lowest BCUT2D eigenvalue weighted by Crippen LogP contribution is -2.28. The first-order chi connectivity index (χ1) is 27.5. The van der Waals surface area contributed by atoms with Gasteiger partial charge in [-0.1, -0.05) is 223 Å². The lowest BCUT2D eigenvalue weighted by molar-refractivity contribution is 0.751. The van der Waals surface area contributed by atoms with Gasteiger partial charge in [0.15, 0.2) is 32.3 Å². The van der Waals surface area contributed by atoms with Crippen LogP contribution in [0.1, 0.15) is 105 Å². The van der Waals surface area contributed by atoms with Crippen LogP contribution in [0.15, 0.2) is 115 Å². The van der Waals surface area contributed by atoms with E-state index in [0.29, 0.717) is 11.6 Å². The van der Waals surface area contributed by atoms with E-state index in [1.807, 2.05) is 0 Å². The Hall–Kier alpha value is -2.74. The summed E-state index contributed by atoms with van der Waals surface area (Å²) in [4.78, 5) is 29.8. The number of hydrogen-bond acceptors (Lipinski definition) is 10. The minimum atomic E-state index is -0.644. The summed E-state index contributed by atoms with van der Waals surface area (Å²) in [6.07, 6.45) is 0. The summed E-state index contributed by atoms with van der Waals surface area (Å²) in [5.74, 6) is 1.35. The zero-order valence-corrected chi connectivity index (χ0v) is 42.1. The third-order valence-corrected chi connectivity index (χ3v) is 13.9. The van der Waals surface area contributed by atoms with Gasteiger partial charge < -0.3 is 0 Å². The molecule has 0 saturated heterocycles. The fraction of sp³-hybridized carbons (Fsp3) is 0.362. The predicted octanol–water partition coefficient (Wildman–Crippen LogP) is 14.8. The number of benzene rings is 4. The van der Waals surface area contributed by atoms with E-state index in [1.165, 1.54) is 22.3 Å². The Morgan fingerprint density at radius 1 is 0.390 bits per heavy atom. The molecule has 0 unspecified atom stereocenters. The maximum absolute atomic E-state index is 5.00. The predicted molar refractivity (Wildman–Crippen MR) is 259 cm³/mol. The fourth-order valence-electron chi connectivity index (χ4n) is 7.01. The van der Waals surface area contributed by atoms with Crippen LogP contribution in [0, 0.1) is 0 Å². The minimum absolute atomic E-state index is 0.0508. The van der Waals surface area contributed by atoms with Gasteiger partial charge in [-0.05, 0) is 57.6 Å². The molecule has 0 amide bonds. The Morgan fingerprint density at radius 2 is 0.678 bits per heavy atom. The number of fused-ring (bicyclic) bond motifs is 3. The van der Waals surface area contributed by atoms with Crippen molar-refractivity contribution in [1.29, 1.82) is 0 Å². The van der Waals surface area contributed by atoms with E-state index >= 15 is 0 Å². The van der Waals surface area contributed by atoms with Crippen LogP contribution in [-0.4, -0.2) is 48.9 Å². The van der Waals surface area contributed by atoms with Gasteiger partial charge in [0.25, 0.3) is 0 Å². The second-order valence-corrected chi connectivity index (χ2v) is 27.6. The van der Waals surface area contributed by atoms with Gasteiger partial charge in [-0.25, -0.2) is 19.9 Å². The zero-order valence-electron chi connectivity index (χ0n) is 35.7. The normalized spacial score (nSPS) is 14.0. The van der Waals surface area contributed by atoms with E-state index in [9.17, 15) is 0 Å². The van der Waals surface area contributed by atoms with Gasteiger partial charge in [-0.2, -0.15) is 9.97 Å². The van der Waals surface area contributed by atoms with Gasteiger partial charge in [0, 0.05) is 39.1 Å². The van der Waals surface area contributed by atoms with Crippen molar-refractivity contribution >= 4 is 78.9 Å². The highest BCUT2D eigenvalue weighted by atomic mass is 79.9. The van der Waals surface area contributed by atoms with Crippen LogP contribution in [0.5, 0.6) is 0 Å². The van der Waals surface area contributed by atoms with Crippen molar-refractivity contribution < 1.29 is 0 Å². The molecule has 2 aromatic heterocycles. The highest BCUT2D eigenvalue weighted by Crippen LogP contribution is 2.57. The molecule has 6 nitrogen and oxygen atoms in total. The Labute approximate surface area is 383 Å². The largest absolute Gasteiger partial charge is 0.202 e. The molecule has 1 aliphatic rings. The minimum Gasteiger partial charge on any atom is -0.202 e. The molecular weight excluding hydrogens is 937 g/mol. The molecule has 59 heavy (non-hydrogen) atoms. The summed E-state index contributed by atoms with van der Waals surface area (Å²) in [5.41, 5.74) is 8.35. The highest BCUT2D eigenvalue weighted by Gasteiger charge is 2.46. The second kappa shape index (κ2) is 16.5. The van der Waals surface area contributed by atoms with Crippen molar-refractivity contribution in [2.24, 2.45) is 0 Å². The monoisotopic (exact) mass is 984 g/mol. The molecule has 12 heteroatoms. The van der Waals surface area contributed by atoms with Crippen LogP contribution < -0.4 is 0 Å². The molecule has 0 aliphatic heterocycles. The molecule has 0 spiro atoms. The number of rotatable bonds is 8. The summed E-state index contributed by atoms with van der Waals surface area (Å²) >= 11 is 14.4. The number of hydrogen-bond donors (Lipinski definition) is 0. The highest BCUT2D eigenvalue weighted by molar-refractivity contribution is 9.10. The smallest absolute Gasteiger partial charge is 0.192 e. The molecule has 0 N–H and O–H groups in total. The molecule has 0 saturated carbocycles. The SMILES string of the molecule is CC(C)(C)Sc1nc(SC(C)(C)C)nc(-c2ccc(C3(c4ccc(-c5nc(SC(C)(C)C)nc(SC(C)(C)C)n5)cc4)c4cc(Br)ccc4-c4ccc(Br)cc43)cc2)n1. The van der Waals surface area contributed by atoms with E-state index in [4.69, 9.17) is 29.9 Å². The van der Waals surface area contributed by atoms with Crippen molar-refractivity contribution in [2.75, 3.05) is 0 Å². The third-order valence-electron chi connectivity index (χ3n) is 8.99. The van der Waals surface area contributed by atoms with E-state index in [2.05, 4.69) is 200 Å². The number of nitrogens with zero attached hydrogens (tertiary/aromatic N) is 6. The van der Waals surface area contributed by atoms with Crippen LogP contribution >= 0.6 is 78.9 Å². The Kier molecular flexibility index (Phi) is 12.4. The van der Waals surface area contributed by atoms with E-state index in [0.717, 1.165) is 51.8 Å². The summed E-state index contributed by atoms with van der Waals surface area (Å²) in [6, 6.07) is 31.0. The van der Waals surface area contributed by atoms with Gasteiger partial charge in [-0.15, -0.1) is 0 Å². The average molecular weight is 987 g/mol. The van der Waals surface area contributed by atoms with Crippen LogP contribution in [0.4, 0.5) is 0 Å². The lowest BCUT2D eigenvalue weighted by atomic mass is 9.67. The maximum Gasteiger partial charge on any atom is 0.192 e. The van der Waals surface area contributed by atoms with E-state index in [-0.39, 0.29) is 19.0 Å². The Balaban J connectivity index is 1.40. The third kappa shape index (κ3) is 10.3. The number of halogens is 2. The summed E-state index contributed by atoms with van der Waals surface area (Å²) in [5, 5.41) is 2.92. The van der Waals surface area contributed by atoms with Crippen molar-refractivity contribution in [3.05, 3.63) is 116 Å². The average Bonchev–Trinajstić information content (AvgIpc) is 3.37. The molecule has 306 valence electrons. The van der Waals surface area contributed by atoms with Crippen molar-refractivity contribution in [2.45, 2.75) is 128 Å². The molecule has 1 aliphatic carbocycles. The molecule has 4 aromatic carbocycles. The van der Waals surface area contributed by atoms with Gasteiger partial charge >= 0.3 is 0 Å². The van der Waals surface area contributed by atoms with Crippen LogP contribution in [0.2, 0.25) is 0 Å². The van der Waals surface area contributed by atoms with E-state index in [1.54, 1.807) is 47.0 Å². The van der Waals surface area contributed by atoms with Crippen LogP contribution in [-0.2, 0) is 5.41 Å². The molecule has 2 heterocycles. The first kappa shape index (κ1) is 44.3. The second-order valence-electron chi connectivity index (χ2n) is 18.6. The quantitative estimate of drug-likeness (QED) is 0.137. The lowest BCUT2D eigenvalue weighted by Gasteiger charge is -2.34. The van der Waals surface area contributed by atoms with E-state index < -0.39 is 5.41 Å². The summed E-state index contributed by atoms with van der Waals surface area (Å²) in [7, 11) is 0. The van der Waals surface area contributed by atoms with Crippen LogP contribution in [0.3, 0.4) is 0 Å². The van der Waals surface area contributed by atoms with Crippen molar-refractivity contribution in [3.63, 3.8) is 0 Å². The molecule has 7 rings (SSSR count). The Morgan fingerprint density at radius 3 is 0.949 bits per heavy atom. The summed E-state index contributed by atoms with van der Waals surface area (Å²) < 4.78 is 1.85. The van der Waals surface area contributed by atoms with Gasteiger partial charge in [-0.3, -0.25) is 0 Å². The first-order valence-corrected chi connectivity index (χ1v) is 24.4. The molecule has 0 radical (unpaired) electrons. The van der Waals surface area contributed by atoms with Gasteiger partial charge in [0.05, 0.1) is 5.41 Å². The molecular formula is C47H50Br2N6S4. The fourth-order valence-corrected chi connectivity index (χ4v) is 11.1. The molecule has 0 bridgehead atoms. The summed E-state index contributed by atoms with van der Waals surface area (Å²) in [6.45, 7) is 26.2. The first-order valence-electron chi connectivity index (χ1n) is 19.6.